The molecule has 82 valence electrons. The van der Waals surface area contributed by atoms with E-state index in [1.165, 1.54) is 0 Å². The molecule has 4 heteroatoms. The Morgan fingerprint density at radius 1 is 1.06 bits per heavy atom. The summed E-state index contributed by atoms with van der Waals surface area (Å²) in [6.45, 7) is 0.618. The van der Waals surface area contributed by atoms with Crippen LogP contribution in [-0.4, -0.2) is 4.98 Å². The first-order valence-corrected chi connectivity index (χ1v) is 4.98. The van der Waals surface area contributed by atoms with Crippen LogP contribution in [0.25, 0.3) is 0 Å². The molecular formula is C12H12FN3. The van der Waals surface area contributed by atoms with Crippen molar-refractivity contribution in [3.8, 4) is 0 Å². The van der Waals surface area contributed by atoms with Crippen LogP contribution in [0.1, 0.15) is 5.56 Å². The summed E-state index contributed by atoms with van der Waals surface area (Å²) < 4.78 is 12.4. The van der Waals surface area contributed by atoms with Crippen LogP contribution in [0.4, 0.5) is 15.9 Å². The van der Waals surface area contributed by atoms with Gasteiger partial charge in [0, 0.05) is 18.9 Å². The molecule has 0 aliphatic heterocycles. The summed E-state index contributed by atoms with van der Waals surface area (Å²) in [5, 5.41) is 3.14. The number of halogens is 1. The SMILES string of the molecule is FNc1ccccc1NCc1cccnc1. The lowest BCUT2D eigenvalue weighted by Gasteiger charge is -2.09. The van der Waals surface area contributed by atoms with Crippen molar-refractivity contribution in [1.29, 1.82) is 0 Å². The van der Waals surface area contributed by atoms with Crippen molar-refractivity contribution in [2.24, 2.45) is 0 Å². The van der Waals surface area contributed by atoms with Gasteiger partial charge in [-0.1, -0.05) is 18.2 Å². The molecule has 0 radical (unpaired) electrons. The van der Waals surface area contributed by atoms with Gasteiger partial charge in [-0.05, 0) is 23.8 Å². The Bertz CT molecular complexity index is 445. The standard InChI is InChI=1S/C12H12FN3/c13-16-12-6-2-1-5-11(12)15-9-10-4-3-7-14-8-10/h1-8,15-16H,9H2. The molecule has 0 aliphatic carbocycles. The van der Waals surface area contributed by atoms with Crippen molar-refractivity contribution in [2.75, 3.05) is 10.9 Å². The molecule has 0 unspecified atom stereocenters. The number of nitrogens with zero attached hydrogens (tertiary/aromatic N) is 1. The van der Waals surface area contributed by atoms with Gasteiger partial charge in [0.2, 0.25) is 0 Å². The van der Waals surface area contributed by atoms with Crippen molar-refractivity contribution in [3.05, 3.63) is 54.4 Å². The van der Waals surface area contributed by atoms with Gasteiger partial charge in [0.1, 0.15) is 0 Å². The molecule has 1 heterocycles. The van der Waals surface area contributed by atoms with Crippen LogP contribution in [0, 0.1) is 0 Å². The van der Waals surface area contributed by atoms with Gasteiger partial charge in [-0.25, -0.2) is 5.54 Å². The summed E-state index contributed by atoms with van der Waals surface area (Å²) in [4.78, 5) is 4.01. The second-order valence-electron chi connectivity index (χ2n) is 3.35. The van der Waals surface area contributed by atoms with Gasteiger partial charge in [-0.3, -0.25) is 4.98 Å². The van der Waals surface area contributed by atoms with Gasteiger partial charge in [0.05, 0.1) is 11.4 Å². The fourth-order valence-electron chi connectivity index (χ4n) is 1.42. The van der Waals surface area contributed by atoms with Crippen LogP contribution in [0.5, 0.6) is 0 Å². The lowest BCUT2D eigenvalue weighted by Crippen LogP contribution is -2.01. The van der Waals surface area contributed by atoms with E-state index in [2.05, 4.69) is 10.3 Å². The predicted molar refractivity (Wildman–Crippen MR) is 62.7 cm³/mol. The molecule has 2 aromatic rings. The van der Waals surface area contributed by atoms with E-state index in [0.29, 0.717) is 12.2 Å². The number of aromatic nitrogens is 1. The summed E-state index contributed by atoms with van der Waals surface area (Å²) in [5.41, 5.74) is 3.87. The number of pyridine rings is 1. The highest BCUT2D eigenvalue weighted by Gasteiger charge is 1.99. The van der Waals surface area contributed by atoms with Crippen LogP contribution in [0.2, 0.25) is 0 Å². The van der Waals surface area contributed by atoms with Crippen molar-refractivity contribution in [3.63, 3.8) is 0 Å². The molecule has 0 atom stereocenters. The molecule has 0 saturated carbocycles. The van der Waals surface area contributed by atoms with Gasteiger partial charge in [-0.15, -0.1) is 4.48 Å². The van der Waals surface area contributed by atoms with Gasteiger partial charge in [-0.2, -0.15) is 0 Å². The fourth-order valence-corrected chi connectivity index (χ4v) is 1.42. The summed E-state index contributed by atoms with van der Waals surface area (Å²) in [6, 6.07) is 11.0. The smallest absolute Gasteiger partial charge is 0.0887 e. The number of nitrogens with one attached hydrogen (secondary N) is 2. The third kappa shape index (κ3) is 2.48. The maximum Gasteiger partial charge on any atom is 0.0887 e. The van der Waals surface area contributed by atoms with Gasteiger partial charge >= 0.3 is 0 Å². The third-order valence-corrected chi connectivity index (χ3v) is 2.23. The van der Waals surface area contributed by atoms with E-state index in [1.54, 1.807) is 30.1 Å². The van der Waals surface area contributed by atoms with Crippen molar-refractivity contribution in [1.82, 2.24) is 4.98 Å². The zero-order valence-corrected chi connectivity index (χ0v) is 8.65. The highest BCUT2D eigenvalue weighted by molar-refractivity contribution is 5.67. The van der Waals surface area contributed by atoms with Crippen molar-refractivity contribution >= 4 is 11.4 Å². The molecule has 1 aromatic carbocycles. The Morgan fingerprint density at radius 2 is 1.88 bits per heavy atom. The fraction of sp³-hybridized carbons (Fsp3) is 0.0833. The third-order valence-electron chi connectivity index (χ3n) is 2.23. The lowest BCUT2D eigenvalue weighted by atomic mass is 10.2. The molecule has 0 bridgehead atoms. The van der Waals surface area contributed by atoms with E-state index < -0.39 is 0 Å². The summed E-state index contributed by atoms with van der Waals surface area (Å²) in [5.74, 6) is 0. The number of anilines is 2. The van der Waals surface area contributed by atoms with E-state index in [9.17, 15) is 4.48 Å². The minimum Gasteiger partial charge on any atom is -0.379 e. The number of para-hydroxylation sites is 2. The molecule has 0 saturated heterocycles. The number of rotatable bonds is 4. The summed E-state index contributed by atoms with van der Waals surface area (Å²) in [7, 11) is 0. The monoisotopic (exact) mass is 217 g/mol. The first-order chi connectivity index (χ1) is 7.90. The Morgan fingerprint density at radius 3 is 2.56 bits per heavy atom. The number of hydrogen-bond acceptors (Lipinski definition) is 3. The van der Waals surface area contributed by atoms with Crippen LogP contribution in [0.15, 0.2) is 48.8 Å². The molecule has 3 nitrogen and oxygen atoms in total. The second kappa shape index (κ2) is 5.11. The van der Waals surface area contributed by atoms with Crippen LogP contribution < -0.4 is 10.9 Å². The van der Waals surface area contributed by atoms with Crippen LogP contribution in [0.3, 0.4) is 0 Å². The van der Waals surface area contributed by atoms with E-state index in [0.717, 1.165) is 11.3 Å². The van der Waals surface area contributed by atoms with E-state index >= 15 is 0 Å². The normalized spacial score (nSPS) is 9.81. The topological polar surface area (TPSA) is 37.0 Å². The quantitative estimate of drug-likeness (QED) is 0.773. The van der Waals surface area contributed by atoms with Crippen LogP contribution >= 0.6 is 0 Å². The number of benzene rings is 1. The number of hydrogen-bond donors (Lipinski definition) is 2. The first-order valence-electron chi connectivity index (χ1n) is 4.98. The Balaban J connectivity index is 2.05. The molecule has 0 amide bonds. The highest BCUT2D eigenvalue weighted by Crippen LogP contribution is 2.21. The minimum atomic E-state index is 0.436. The Kier molecular flexibility index (Phi) is 3.33. The molecular weight excluding hydrogens is 205 g/mol. The Labute approximate surface area is 93.3 Å². The molecule has 2 N–H and O–H groups in total. The van der Waals surface area contributed by atoms with Crippen LogP contribution in [-0.2, 0) is 6.54 Å². The van der Waals surface area contributed by atoms with Crippen molar-refractivity contribution < 1.29 is 4.48 Å². The second-order valence-corrected chi connectivity index (χ2v) is 3.35. The van der Waals surface area contributed by atoms with E-state index in [1.807, 2.05) is 24.3 Å². The first kappa shape index (κ1) is 10.4. The van der Waals surface area contributed by atoms with E-state index in [4.69, 9.17) is 0 Å². The minimum absolute atomic E-state index is 0.436. The van der Waals surface area contributed by atoms with Gasteiger partial charge in [0.25, 0.3) is 0 Å². The molecule has 0 spiro atoms. The molecule has 1 aromatic heterocycles. The van der Waals surface area contributed by atoms with Gasteiger partial charge < -0.3 is 5.32 Å². The highest BCUT2D eigenvalue weighted by atomic mass is 19.2. The van der Waals surface area contributed by atoms with E-state index in [-0.39, 0.29) is 0 Å². The zero-order chi connectivity index (χ0) is 11.2. The summed E-state index contributed by atoms with van der Waals surface area (Å²) >= 11 is 0. The maximum atomic E-state index is 12.4. The Hall–Kier alpha value is -2.10. The molecule has 0 aliphatic rings. The molecule has 0 fully saturated rings. The maximum absolute atomic E-state index is 12.4. The van der Waals surface area contributed by atoms with Gasteiger partial charge in [0.15, 0.2) is 0 Å². The van der Waals surface area contributed by atoms with Crippen molar-refractivity contribution in [2.45, 2.75) is 6.54 Å². The molecule has 2 rings (SSSR count). The average Bonchev–Trinajstić information content (AvgIpc) is 2.38. The average molecular weight is 217 g/mol. The summed E-state index contributed by atoms with van der Waals surface area (Å²) in [6.07, 6.45) is 3.50. The predicted octanol–water partition coefficient (Wildman–Crippen LogP) is 2.99. The molecule has 16 heavy (non-hydrogen) atoms. The largest absolute Gasteiger partial charge is 0.379 e. The lowest BCUT2D eigenvalue weighted by molar-refractivity contribution is 0.618. The zero-order valence-electron chi connectivity index (χ0n) is 8.65.